The van der Waals surface area contributed by atoms with Crippen molar-refractivity contribution >= 4 is 23.3 Å². The van der Waals surface area contributed by atoms with Crippen molar-refractivity contribution in [2.45, 2.75) is 65.6 Å². The first kappa shape index (κ1) is 25.6. The zero-order valence-corrected chi connectivity index (χ0v) is 20.1. The molecule has 3 N–H and O–H groups in total. The van der Waals surface area contributed by atoms with Crippen LogP contribution in [0.1, 0.15) is 68.7 Å². The van der Waals surface area contributed by atoms with Gasteiger partial charge < -0.3 is 11.1 Å². The molecule has 1 amide bonds. The molecule has 2 unspecified atom stereocenters. The zero-order valence-electron chi connectivity index (χ0n) is 19.3. The van der Waals surface area contributed by atoms with Crippen LogP contribution in [0.15, 0.2) is 30.5 Å². The maximum absolute atomic E-state index is 11.2. The molecule has 7 nitrogen and oxygen atoms in total. The highest BCUT2D eigenvalue weighted by Gasteiger charge is 2.24. The van der Waals surface area contributed by atoms with Crippen molar-refractivity contribution in [2.24, 2.45) is 11.7 Å². The lowest BCUT2D eigenvalue weighted by molar-refractivity contribution is 0.0950. The third-order valence-corrected chi connectivity index (χ3v) is 5.75. The van der Waals surface area contributed by atoms with Gasteiger partial charge >= 0.3 is 0 Å². The Labute approximate surface area is 196 Å². The average Bonchev–Trinajstić information content (AvgIpc) is 2.76. The molecule has 0 saturated carbocycles. The van der Waals surface area contributed by atoms with Crippen molar-refractivity contribution < 1.29 is 4.79 Å². The number of nitrogens with one attached hydrogen (secondary N) is 1. The summed E-state index contributed by atoms with van der Waals surface area (Å²) in [4.78, 5) is 21.4. The Kier molecular flexibility index (Phi) is 9.89. The number of nitrogens with zero attached hydrogens (tertiary/aromatic N) is 4. The van der Waals surface area contributed by atoms with E-state index in [1.807, 2.05) is 18.2 Å². The van der Waals surface area contributed by atoms with Crippen LogP contribution in [0.25, 0.3) is 0 Å². The van der Waals surface area contributed by atoms with Crippen molar-refractivity contribution in [3.63, 3.8) is 0 Å². The fourth-order valence-electron chi connectivity index (χ4n) is 3.67. The molecule has 0 radical (unpaired) electrons. The molecule has 8 heteroatoms. The molecule has 2 atom stereocenters. The fraction of sp³-hybridized carbons (Fsp3) is 0.500. The topological polar surface area (TPSA) is 108 Å². The highest BCUT2D eigenvalue weighted by Crippen LogP contribution is 2.24. The molecule has 1 aromatic carbocycles. The number of nitrogens with two attached hydrogens (primary N) is 1. The van der Waals surface area contributed by atoms with Gasteiger partial charge in [-0.25, -0.2) is 9.97 Å². The number of anilines is 1. The first-order valence-corrected chi connectivity index (χ1v) is 11.4. The van der Waals surface area contributed by atoms with Crippen LogP contribution in [-0.4, -0.2) is 39.4 Å². The number of rotatable bonds is 6. The molecule has 3 rings (SSSR count). The van der Waals surface area contributed by atoms with Gasteiger partial charge in [-0.05, 0) is 50.3 Å². The SMILES string of the molecule is CC(C)CNc1nc(C#N)ncc1Cl.CC1CCCC(C)N1Cc1cccc(C(N)=O)c1. The van der Waals surface area contributed by atoms with E-state index in [1.165, 1.54) is 31.0 Å². The number of hydrogen-bond donors (Lipinski definition) is 2. The van der Waals surface area contributed by atoms with E-state index in [0.717, 1.165) is 13.1 Å². The molecule has 172 valence electrons. The lowest BCUT2D eigenvalue weighted by Crippen LogP contribution is -2.42. The molecular weight excluding hydrogens is 424 g/mol. The molecule has 0 aliphatic carbocycles. The Morgan fingerprint density at radius 1 is 1.34 bits per heavy atom. The van der Waals surface area contributed by atoms with E-state index in [2.05, 4.69) is 53.9 Å². The summed E-state index contributed by atoms with van der Waals surface area (Å²) in [5.74, 6) is 0.788. The van der Waals surface area contributed by atoms with Crippen molar-refractivity contribution in [1.29, 1.82) is 5.26 Å². The smallest absolute Gasteiger partial charge is 0.248 e. The predicted octanol–water partition coefficient (Wildman–Crippen LogP) is 4.62. The molecule has 0 spiro atoms. The maximum Gasteiger partial charge on any atom is 0.248 e. The van der Waals surface area contributed by atoms with E-state index in [1.54, 1.807) is 6.07 Å². The zero-order chi connectivity index (χ0) is 23.7. The number of carbonyl (C=O) groups excluding carboxylic acids is 1. The predicted molar refractivity (Wildman–Crippen MR) is 128 cm³/mol. The maximum atomic E-state index is 11.2. The minimum Gasteiger partial charge on any atom is -0.368 e. The van der Waals surface area contributed by atoms with E-state index < -0.39 is 0 Å². The van der Waals surface area contributed by atoms with Crippen molar-refractivity contribution in [2.75, 3.05) is 11.9 Å². The monoisotopic (exact) mass is 456 g/mol. The van der Waals surface area contributed by atoms with Gasteiger partial charge in [-0.2, -0.15) is 5.26 Å². The van der Waals surface area contributed by atoms with Gasteiger partial charge in [-0.1, -0.05) is 44.0 Å². The molecule has 1 aromatic heterocycles. The van der Waals surface area contributed by atoms with Gasteiger partial charge in [0.1, 0.15) is 16.9 Å². The van der Waals surface area contributed by atoms with Crippen LogP contribution in [0.5, 0.6) is 0 Å². The molecule has 32 heavy (non-hydrogen) atoms. The van der Waals surface area contributed by atoms with Crippen molar-refractivity contribution in [3.8, 4) is 6.07 Å². The second-order valence-corrected chi connectivity index (χ2v) is 9.05. The second-order valence-electron chi connectivity index (χ2n) is 8.64. The number of benzene rings is 1. The lowest BCUT2D eigenvalue weighted by atomic mass is 9.96. The molecule has 1 fully saturated rings. The van der Waals surface area contributed by atoms with Crippen LogP contribution in [0.2, 0.25) is 5.02 Å². The Morgan fingerprint density at radius 3 is 2.62 bits per heavy atom. The normalized spacial score (nSPS) is 18.4. The number of likely N-dealkylation sites (tertiary alicyclic amines) is 1. The Bertz CT molecular complexity index is 932. The molecule has 1 aliphatic rings. The standard InChI is InChI=1S/C15H22N2O.C9H11ClN4/c1-11-5-3-6-12(2)17(11)10-13-7-4-8-14(9-13)15(16)18;1-6(2)4-13-9-7(10)5-12-8(3-11)14-9/h4,7-9,11-12H,3,5-6,10H2,1-2H3,(H2,16,18);5-6H,4H2,1-2H3,(H,12,13,14). The third kappa shape index (κ3) is 7.77. The Balaban J connectivity index is 0.000000235. The largest absolute Gasteiger partial charge is 0.368 e. The third-order valence-electron chi connectivity index (χ3n) is 5.47. The van der Waals surface area contributed by atoms with E-state index in [0.29, 0.717) is 34.4 Å². The van der Waals surface area contributed by atoms with Gasteiger partial charge in [0.25, 0.3) is 0 Å². The Hall–Kier alpha value is -2.69. The van der Waals surface area contributed by atoms with Crippen molar-refractivity contribution in [1.82, 2.24) is 14.9 Å². The molecule has 0 bridgehead atoms. The van der Waals surface area contributed by atoms with Crippen LogP contribution in [-0.2, 0) is 6.54 Å². The van der Waals surface area contributed by atoms with Crippen LogP contribution < -0.4 is 11.1 Å². The molecule has 2 aromatic rings. The van der Waals surface area contributed by atoms with Gasteiger partial charge in [0, 0.05) is 30.7 Å². The summed E-state index contributed by atoms with van der Waals surface area (Å²) in [6.07, 6.45) is 5.27. The number of nitriles is 1. The minimum absolute atomic E-state index is 0.126. The number of piperidine rings is 1. The Morgan fingerprint density at radius 2 is 2.03 bits per heavy atom. The highest BCUT2D eigenvalue weighted by molar-refractivity contribution is 6.32. The van der Waals surface area contributed by atoms with E-state index in [-0.39, 0.29) is 11.7 Å². The molecule has 2 heterocycles. The number of amides is 1. The van der Waals surface area contributed by atoms with Crippen LogP contribution in [0, 0.1) is 17.2 Å². The average molecular weight is 457 g/mol. The second kappa shape index (κ2) is 12.4. The summed E-state index contributed by atoms with van der Waals surface area (Å²) >= 11 is 5.84. The van der Waals surface area contributed by atoms with Crippen molar-refractivity contribution in [3.05, 3.63) is 52.4 Å². The van der Waals surface area contributed by atoms with Gasteiger partial charge in [0.05, 0.1) is 6.20 Å². The number of carbonyl (C=O) groups is 1. The van der Waals surface area contributed by atoms with Gasteiger partial charge in [-0.3, -0.25) is 9.69 Å². The minimum atomic E-state index is -0.350. The van der Waals surface area contributed by atoms with E-state index in [4.69, 9.17) is 22.6 Å². The quantitative estimate of drug-likeness (QED) is 0.656. The number of hydrogen-bond acceptors (Lipinski definition) is 6. The molecular formula is C24H33ClN6O. The van der Waals surface area contributed by atoms with Gasteiger partial charge in [0.15, 0.2) is 0 Å². The van der Waals surface area contributed by atoms with E-state index in [9.17, 15) is 4.79 Å². The summed E-state index contributed by atoms with van der Waals surface area (Å²) in [7, 11) is 0. The van der Waals surface area contributed by atoms with E-state index >= 15 is 0 Å². The highest BCUT2D eigenvalue weighted by atomic mass is 35.5. The summed E-state index contributed by atoms with van der Waals surface area (Å²) in [6.45, 7) is 10.4. The van der Waals surface area contributed by atoms with Crippen LogP contribution in [0.4, 0.5) is 5.82 Å². The van der Waals surface area contributed by atoms with Crippen LogP contribution >= 0.6 is 11.6 Å². The number of halogens is 1. The summed E-state index contributed by atoms with van der Waals surface area (Å²) < 4.78 is 0. The summed E-state index contributed by atoms with van der Waals surface area (Å²) in [5, 5.41) is 12.1. The molecule has 1 saturated heterocycles. The summed E-state index contributed by atoms with van der Waals surface area (Å²) in [6, 6.07) is 10.8. The number of aromatic nitrogens is 2. The van der Waals surface area contributed by atoms with Crippen LogP contribution in [0.3, 0.4) is 0 Å². The van der Waals surface area contributed by atoms with Gasteiger partial charge in [-0.15, -0.1) is 0 Å². The number of primary amides is 1. The lowest BCUT2D eigenvalue weighted by Gasteiger charge is -2.39. The van der Waals surface area contributed by atoms with Gasteiger partial charge in [0.2, 0.25) is 11.7 Å². The fourth-order valence-corrected chi connectivity index (χ4v) is 3.82. The molecule has 1 aliphatic heterocycles. The first-order valence-electron chi connectivity index (χ1n) is 11.0. The first-order chi connectivity index (χ1) is 15.2. The summed E-state index contributed by atoms with van der Waals surface area (Å²) in [5.41, 5.74) is 7.09.